The van der Waals surface area contributed by atoms with Crippen molar-refractivity contribution in [1.82, 2.24) is 9.62 Å². The predicted molar refractivity (Wildman–Crippen MR) is 97.2 cm³/mol. The van der Waals surface area contributed by atoms with E-state index in [1.807, 2.05) is 0 Å². The number of nitrogens with one attached hydrogen (secondary N) is 1. The van der Waals surface area contributed by atoms with Crippen molar-refractivity contribution in [3.63, 3.8) is 0 Å². The van der Waals surface area contributed by atoms with Crippen LogP contribution in [0.3, 0.4) is 0 Å². The van der Waals surface area contributed by atoms with Crippen molar-refractivity contribution in [3.05, 3.63) is 18.2 Å². The minimum Gasteiger partial charge on any atom is -0.486 e. The first-order valence-corrected chi connectivity index (χ1v) is 11.2. The Labute approximate surface area is 159 Å². The molecule has 5 rings (SSSR count). The molecular formula is C19H24N2O5S. The van der Waals surface area contributed by atoms with Crippen molar-refractivity contribution in [2.75, 3.05) is 19.8 Å². The molecule has 7 nitrogen and oxygen atoms in total. The Bertz CT molecular complexity index is 880. The zero-order valence-corrected chi connectivity index (χ0v) is 16.0. The van der Waals surface area contributed by atoms with E-state index in [0.717, 1.165) is 32.1 Å². The van der Waals surface area contributed by atoms with Gasteiger partial charge in [0.1, 0.15) is 18.8 Å². The van der Waals surface area contributed by atoms with Crippen LogP contribution in [0.25, 0.3) is 0 Å². The first-order valence-electron chi connectivity index (χ1n) is 9.75. The molecule has 2 atom stereocenters. The number of sulfonamides is 1. The second-order valence-electron chi connectivity index (χ2n) is 7.95. The highest BCUT2D eigenvalue weighted by atomic mass is 32.2. The second-order valence-corrected chi connectivity index (χ2v) is 9.81. The molecule has 2 heterocycles. The van der Waals surface area contributed by atoms with Crippen molar-refractivity contribution in [3.8, 4) is 11.5 Å². The summed E-state index contributed by atoms with van der Waals surface area (Å²) < 4.78 is 39.2. The van der Waals surface area contributed by atoms with Crippen molar-refractivity contribution in [1.29, 1.82) is 0 Å². The quantitative estimate of drug-likeness (QED) is 0.843. The normalized spacial score (nSPS) is 30.1. The number of hydrogen-bond acceptors (Lipinski definition) is 5. The molecule has 2 unspecified atom stereocenters. The molecule has 0 bridgehead atoms. The molecule has 3 fully saturated rings. The molecule has 2 saturated carbocycles. The van der Waals surface area contributed by atoms with E-state index in [9.17, 15) is 13.2 Å². The van der Waals surface area contributed by atoms with Crippen LogP contribution in [-0.4, -0.2) is 50.0 Å². The highest BCUT2D eigenvalue weighted by molar-refractivity contribution is 7.89. The number of carbonyl (C=O) groups excluding carboxylic acids is 1. The molecule has 1 aromatic rings. The molecule has 0 aromatic heterocycles. The number of nitrogens with zero attached hydrogens (tertiary/aromatic N) is 1. The molecule has 4 aliphatic rings. The topological polar surface area (TPSA) is 84.9 Å². The predicted octanol–water partition coefficient (Wildman–Crippen LogP) is 1.67. The third-order valence-corrected chi connectivity index (χ3v) is 8.32. The van der Waals surface area contributed by atoms with Crippen LogP contribution in [0.5, 0.6) is 11.5 Å². The first kappa shape index (κ1) is 17.3. The number of piperidine rings is 1. The Morgan fingerprint density at radius 2 is 1.85 bits per heavy atom. The summed E-state index contributed by atoms with van der Waals surface area (Å²) in [5, 5.41) is 3.12. The molecule has 1 amide bonds. The molecule has 146 valence electrons. The van der Waals surface area contributed by atoms with Gasteiger partial charge in [-0.3, -0.25) is 4.79 Å². The third kappa shape index (κ3) is 2.64. The van der Waals surface area contributed by atoms with Crippen LogP contribution in [0.4, 0.5) is 0 Å². The minimum atomic E-state index is -3.78. The number of carbonyl (C=O) groups is 1. The molecule has 1 saturated heterocycles. The summed E-state index contributed by atoms with van der Waals surface area (Å²) in [4.78, 5) is 13.2. The van der Waals surface area contributed by atoms with Crippen LogP contribution in [-0.2, 0) is 14.8 Å². The number of benzene rings is 1. The van der Waals surface area contributed by atoms with Crippen LogP contribution in [0, 0.1) is 5.92 Å². The fraction of sp³-hybridized carbons (Fsp3) is 0.632. The highest BCUT2D eigenvalue weighted by Crippen LogP contribution is 2.57. The van der Waals surface area contributed by atoms with Gasteiger partial charge >= 0.3 is 0 Å². The van der Waals surface area contributed by atoms with Crippen LogP contribution in [0.15, 0.2) is 23.1 Å². The Morgan fingerprint density at radius 1 is 1.11 bits per heavy atom. The number of hydrogen-bond donors (Lipinski definition) is 1. The smallest absolute Gasteiger partial charge is 0.244 e. The molecule has 1 aromatic carbocycles. The zero-order valence-electron chi connectivity index (χ0n) is 15.1. The lowest BCUT2D eigenvalue weighted by atomic mass is 10.2. The van der Waals surface area contributed by atoms with E-state index in [0.29, 0.717) is 37.7 Å². The average molecular weight is 392 g/mol. The summed E-state index contributed by atoms with van der Waals surface area (Å²) in [5.74, 6) is 1.02. The second kappa shape index (κ2) is 6.10. The van der Waals surface area contributed by atoms with Gasteiger partial charge in [-0.2, -0.15) is 4.31 Å². The van der Waals surface area contributed by atoms with E-state index in [1.54, 1.807) is 12.1 Å². The standard InChI is InChI=1S/C19H24N2O5S/c22-18(20-14-3-1-2-4-14)19-12-13(19)7-8-21(19)27(23,24)15-5-6-16-17(11-15)26-10-9-25-16/h5-6,11,13-14H,1-4,7-10,12H2,(H,20,22). The van der Waals surface area contributed by atoms with Gasteiger partial charge in [0.25, 0.3) is 0 Å². The molecule has 0 radical (unpaired) electrons. The summed E-state index contributed by atoms with van der Waals surface area (Å²) in [6.45, 7) is 1.24. The van der Waals surface area contributed by atoms with Crippen LogP contribution in [0.2, 0.25) is 0 Å². The summed E-state index contributed by atoms with van der Waals surface area (Å²) in [6.07, 6.45) is 5.58. The Balaban J connectivity index is 1.43. The fourth-order valence-corrected chi connectivity index (χ4v) is 6.69. The molecule has 2 aliphatic carbocycles. The van der Waals surface area contributed by atoms with Crippen molar-refractivity contribution >= 4 is 15.9 Å². The van der Waals surface area contributed by atoms with E-state index in [-0.39, 0.29) is 22.8 Å². The lowest BCUT2D eigenvalue weighted by Crippen LogP contribution is -2.52. The average Bonchev–Trinajstić information content (AvgIpc) is 3.02. The number of ether oxygens (including phenoxy) is 2. The van der Waals surface area contributed by atoms with Gasteiger partial charge < -0.3 is 14.8 Å². The summed E-state index contributed by atoms with van der Waals surface area (Å²) in [5.41, 5.74) is -0.894. The third-order valence-electron chi connectivity index (χ3n) is 6.38. The van der Waals surface area contributed by atoms with E-state index in [4.69, 9.17) is 9.47 Å². The van der Waals surface area contributed by atoms with Gasteiger partial charge in [-0.25, -0.2) is 8.42 Å². The Kier molecular flexibility index (Phi) is 3.91. The van der Waals surface area contributed by atoms with Gasteiger partial charge in [-0.15, -0.1) is 0 Å². The molecule has 8 heteroatoms. The molecule has 1 N–H and O–H groups in total. The van der Waals surface area contributed by atoms with Gasteiger partial charge in [0.2, 0.25) is 15.9 Å². The maximum absolute atomic E-state index is 13.4. The Morgan fingerprint density at radius 3 is 2.59 bits per heavy atom. The van der Waals surface area contributed by atoms with Gasteiger partial charge in [0.15, 0.2) is 11.5 Å². The zero-order chi connectivity index (χ0) is 18.6. The largest absolute Gasteiger partial charge is 0.486 e. The fourth-order valence-electron chi connectivity index (χ4n) is 4.85. The minimum absolute atomic E-state index is 0.113. The number of rotatable bonds is 4. The molecule has 2 aliphatic heterocycles. The highest BCUT2D eigenvalue weighted by Gasteiger charge is 2.70. The number of amides is 1. The van der Waals surface area contributed by atoms with Crippen molar-refractivity contribution in [2.45, 2.75) is 55.0 Å². The van der Waals surface area contributed by atoms with Crippen LogP contribution in [0.1, 0.15) is 38.5 Å². The van der Waals surface area contributed by atoms with Gasteiger partial charge in [0, 0.05) is 18.7 Å². The van der Waals surface area contributed by atoms with Crippen molar-refractivity contribution in [2.24, 2.45) is 5.92 Å². The maximum Gasteiger partial charge on any atom is 0.244 e. The summed E-state index contributed by atoms with van der Waals surface area (Å²) in [7, 11) is -3.78. The lowest BCUT2D eigenvalue weighted by molar-refractivity contribution is -0.126. The summed E-state index contributed by atoms with van der Waals surface area (Å²) in [6, 6.07) is 4.88. The number of fused-ring (bicyclic) bond motifs is 2. The Hall–Kier alpha value is -1.80. The van der Waals surface area contributed by atoms with E-state index < -0.39 is 15.6 Å². The first-order chi connectivity index (χ1) is 13.0. The lowest BCUT2D eigenvalue weighted by Gasteiger charge is -2.28. The maximum atomic E-state index is 13.4. The van der Waals surface area contributed by atoms with Crippen molar-refractivity contribution < 1.29 is 22.7 Å². The van der Waals surface area contributed by atoms with Gasteiger partial charge in [-0.1, -0.05) is 12.8 Å². The molecule has 0 spiro atoms. The van der Waals surface area contributed by atoms with E-state index >= 15 is 0 Å². The monoisotopic (exact) mass is 392 g/mol. The summed E-state index contributed by atoms with van der Waals surface area (Å²) >= 11 is 0. The van der Waals surface area contributed by atoms with E-state index in [2.05, 4.69) is 5.32 Å². The van der Waals surface area contributed by atoms with Crippen LogP contribution >= 0.6 is 0 Å². The SMILES string of the molecule is O=C(NC1CCCC1)C12CC1CCN2S(=O)(=O)c1ccc2c(c1)OCCO2. The molecule has 27 heavy (non-hydrogen) atoms. The molecular weight excluding hydrogens is 368 g/mol. The van der Waals surface area contributed by atoms with Gasteiger partial charge in [-0.05, 0) is 43.7 Å². The van der Waals surface area contributed by atoms with Crippen LogP contribution < -0.4 is 14.8 Å². The van der Waals surface area contributed by atoms with E-state index in [1.165, 1.54) is 10.4 Å². The van der Waals surface area contributed by atoms with Gasteiger partial charge in [0.05, 0.1) is 4.90 Å².